The lowest BCUT2D eigenvalue weighted by Gasteiger charge is -2.03. The van der Waals surface area contributed by atoms with Crippen LogP contribution in [0.25, 0.3) is 11.1 Å². The Morgan fingerprint density at radius 3 is 2.76 bits per heavy atom. The van der Waals surface area contributed by atoms with Crippen LogP contribution in [0, 0.1) is 12.7 Å². The molecule has 0 aliphatic heterocycles. The molecule has 0 radical (unpaired) electrons. The van der Waals surface area contributed by atoms with Gasteiger partial charge in [-0.3, -0.25) is 4.79 Å². The number of halogens is 1. The summed E-state index contributed by atoms with van der Waals surface area (Å²) in [5.74, 6) is -0.762. The van der Waals surface area contributed by atoms with Gasteiger partial charge in [-0.25, -0.2) is 9.37 Å². The number of furan rings is 1. The van der Waals surface area contributed by atoms with E-state index >= 15 is 0 Å². The topological polar surface area (TPSA) is 52.3 Å². The summed E-state index contributed by atoms with van der Waals surface area (Å²) in [4.78, 5) is 16.6. The van der Waals surface area contributed by atoms with Crippen molar-refractivity contribution in [3.8, 4) is 5.75 Å². The van der Waals surface area contributed by atoms with Crippen LogP contribution in [0.5, 0.6) is 5.75 Å². The maximum Gasteiger partial charge on any atom is 0.228 e. The van der Waals surface area contributed by atoms with Crippen molar-refractivity contribution in [1.82, 2.24) is 4.98 Å². The lowest BCUT2D eigenvalue weighted by Crippen LogP contribution is -2.01. The highest BCUT2D eigenvalue weighted by atomic mass is 19.1. The number of ketones is 1. The van der Waals surface area contributed by atoms with Crippen LogP contribution in [-0.4, -0.2) is 17.9 Å². The summed E-state index contributed by atoms with van der Waals surface area (Å²) in [6.45, 7) is 1.85. The molecule has 0 aliphatic rings. The number of ether oxygens (including phenoxy) is 1. The van der Waals surface area contributed by atoms with Crippen molar-refractivity contribution in [2.75, 3.05) is 7.11 Å². The summed E-state index contributed by atoms with van der Waals surface area (Å²) in [5, 5.41) is 0. The van der Waals surface area contributed by atoms with E-state index in [9.17, 15) is 9.18 Å². The van der Waals surface area contributed by atoms with Gasteiger partial charge in [0, 0.05) is 17.3 Å². The van der Waals surface area contributed by atoms with E-state index in [-0.39, 0.29) is 17.1 Å². The Labute approximate surface area is 120 Å². The number of aromatic nitrogens is 1. The van der Waals surface area contributed by atoms with E-state index in [1.54, 1.807) is 18.2 Å². The zero-order valence-electron chi connectivity index (χ0n) is 11.5. The van der Waals surface area contributed by atoms with Crippen molar-refractivity contribution in [2.45, 2.75) is 6.92 Å². The Hall–Kier alpha value is -2.69. The van der Waals surface area contributed by atoms with Crippen molar-refractivity contribution in [3.05, 3.63) is 59.2 Å². The SMILES string of the molecule is COc1ccc(C(=O)c2cc3nc(C)ccc3o2)cc1F. The molecule has 3 rings (SSSR count). The van der Waals surface area contributed by atoms with Crippen molar-refractivity contribution < 1.29 is 18.3 Å². The molecular formula is C16H12FNO3. The van der Waals surface area contributed by atoms with Crippen LogP contribution in [0.15, 0.2) is 40.8 Å². The normalized spacial score (nSPS) is 10.8. The van der Waals surface area contributed by atoms with Gasteiger partial charge in [-0.2, -0.15) is 0 Å². The maximum atomic E-state index is 13.7. The van der Waals surface area contributed by atoms with Crippen molar-refractivity contribution in [3.63, 3.8) is 0 Å². The molecule has 0 N–H and O–H groups in total. The number of methoxy groups -OCH3 is 1. The summed E-state index contributed by atoms with van der Waals surface area (Å²) in [7, 11) is 1.37. The fourth-order valence-corrected chi connectivity index (χ4v) is 2.09. The second kappa shape index (κ2) is 5.01. The second-order valence-electron chi connectivity index (χ2n) is 4.63. The Balaban J connectivity index is 2.01. The number of carbonyl (C=O) groups is 1. The van der Waals surface area contributed by atoms with Crippen LogP contribution in [0.4, 0.5) is 4.39 Å². The van der Waals surface area contributed by atoms with E-state index in [0.717, 1.165) is 11.8 Å². The number of fused-ring (bicyclic) bond motifs is 1. The smallest absolute Gasteiger partial charge is 0.228 e. The molecule has 0 amide bonds. The number of aryl methyl sites for hydroxylation is 1. The molecule has 106 valence electrons. The summed E-state index contributed by atoms with van der Waals surface area (Å²) in [5.41, 5.74) is 2.16. The number of hydrogen-bond donors (Lipinski definition) is 0. The molecule has 5 heteroatoms. The average molecular weight is 285 g/mol. The molecule has 0 atom stereocenters. The first kappa shape index (κ1) is 13.3. The maximum absolute atomic E-state index is 13.7. The fourth-order valence-electron chi connectivity index (χ4n) is 2.09. The molecular weight excluding hydrogens is 273 g/mol. The summed E-state index contributed by atoms with van der Waals surface area (Å²) in [6, 6.07) is 9.15. The first-order valence-corrected chi connectivity index (χ1v) is 6.34. The van der Waals surface area contributed by atoms with E-state index in [0.29, 0.717) is 11.1 Å². The summed E-state index contributed by atoms with van der Waals surface area (Å²) in [6.07, 6.45) is 0. The van der Waals surface area contributed by atoms with E-state index in [4.69, 9.17) is 9.15 Å². The van der Waals surface area contributed by atoms with Crippen LogP contribution in [0.1, 0.15) is 21.8 Å². The van der Waals surface area contributed by atoms with E-state index < -0.39 is 11.6 Å². The third kappa shape index (κ3) is 2.38. The predicted octanol–water partition coefficient (Wildman–Crippen LogP) is 3.51. The fraction of sp³-hybridized carbons (Fsp3) is 0.125. The number of pyridine rings is 1. The summed E-state index contributed by atoms with van der Waals surface area (Å²) < 4.78 is 24.0. The molecule has 0 unspecified atom stereocenters. The predicted molar refractivity (Wildman–Crippen MR) is 75.1 cm³/mol. The molecule has 4 nitrogen and oxygen atoms in total. The van der Waals surface area contributed by atoms with Gasteiger partial charge >= 0.3 is 0 Å². The minimum atomic E-state index is -0.589. The summed E-state index contributed by atoms with van der Waals surface area (Å²) >= 11 is 0. The van der Waals surface area contributed by atoms with Crippen molar-refractivity contribution in [2.24, 2.45) is 0 Å². The lowest BCUT2D eigenvalue weighted by atomic mass is 10.1. The van der Waals surface area contributed by atoms with Gasteiger partial charge in [-0.1, -0.05) is 0 Å². The van der Waals surface area contributed by atoms with Gasteiger partial charge < -0.3 is 9.15 Å². The molecule has 21 heavy (non-hydrogen) atoms. The first-order valence-electron chi connectivity index (χ1n) is 6.34. The van der Waals surface area contributed by atoms with Crippen LogP contribution < -0.4 is 4.74 Å². The molecule has 2 heterocycles. The molecule has 0 aliphatic carbocycles. The number of hydrogen-bond acceptors (Lipinski definition) is 4. The molecule has 0 fully saturated rings. The van der Waals surface area contributed by atoms with Crippen molar-refractivity contribution in [1.29, 1.82) is 0 Å². The van der Waals surface area contributed by atoms with Crippen LogP contribution in [-0.2, 0) is 0 Å². The Bertz CT molecular complexity index is 839. The molecule has 0 bridgehead atoms. The standard InChI is InChI=1S/C16H12FNO3/c1-9-3-5-14-12(18-9)8-15(21-14)16(19)10-4-6-13(20-2)11(17)7-10/h3-8H,1-2H3. The lowest BCUT2D eigenvalue weighted by molar-refractivity contribution is 0.101. The Morgan fingerprint density at radius 1 is 1.24 bits per heavy atom. The largest absolute Gasteiger partial charge is 0.494 e. The van der Waals surface area contributed by atoms with E-state index in [1.165, 1.54) is 19.2 Å². The monoisotopic (exact) mass is 285 g/mol. The zero-order valence-corrected chi connectivity index (χ0v) is 11.5. The van der Waals surface area contributed by atoms with Crippen LogP contribution in [0.2, 0.25) is 0 Å². The molecule has 2 aromatic heterocycles. The van der Waals surface area contributed by atoms with Gasteiger partial charge in [0.05, 0.1) is 7.11 Å². The Kier molecular flexibility index (Phi) is 3.17. The zero-order chi connectivity index (χ0) is 15.0. The van der Waals surface area contributed by atoms with E-state index in [2.05, 4.69) is 4.98 Å². The minimum Gasteiger partial charge on any atom is -0.494 e. The third-order valence-electron chi connectivity index (χ3n) is 3.15. The average Bonchev–Trinajstić information content (AvgIpc) is 2.89. The van der Waals surface area contributed by atoms with E-state index in [1.807, 2.05) is 6.92 Å². The van der Waals surface area contributed by atoms with Gasteiger partial charge in [0.2, 0.25) is 5.78 Å². The van der Waals surface area contributed by atoms with Gasteiger partial charge in [0.1, 0.15) is 5.52 Å². The van der Waals surface area contributed by atoms with Crippen LogP contribution in [0.3, 0.4) is 0 Å². The highest BCUT2D eigenvalue weighted by molar-refractivity contribution is 6.08. The Morgan fingerprint density at radius 2 is 2.05 bits per heavy atom. The number of rotatable bonds is 3. The van der Waals surface area contributed by atoms with Crippen molar-refractivity contribution >= 4 is 16.9 Å². The number of benzene rings is 1. The molecule has 0 saturated carbocycles. The quantitative estimate of drug-likeness (QED) is 0.691. The third-order valence-corrected chi connectivity index (χ3v) is 3.15. The molecule has 0 spiro atoms. The second-order valence-corrected chi connectivity index (χ2v) is 4.63. The molecule has 0 saturated heterocycles. The van der Waals surface area contributed by atoms with Gasteiger partial charge in [0.15, 0.2) is 22.9 Å². The highest BCUT2D eigenvalue weighted by Gasteiger charge is 2.17. The first-order chi connectivity index (χ1) is 10.1. The number of nitrogens with zero attached hydrogens (tertiary/aromatic N) is 1. The minimum absolute atomic E-state index is 0.0912. The van der Waals surface area contributed by atoms with Gasteiger partial charge in [0.25, 0.3) is 0 Å². The molecule has 1 aromatic carbocycles. The molecule has 3 aromatic rings. The number of carbonyl (C=O) groups excluding carboxylic acids is 1. The van der Waals surface area contributed by atoms with Gasteiger partial charge in [-0.05, 0) is 37.3 Å². The van der Waals surface area contributed by atoms with Crippen LogP contribution >= 0.6 is 0 Å². The van der Waals surface area contributed by atoms with Gasteiger partial charge in [-0.15, -0.1) is 0 Å². The highest BCUT2D eigenvalue weighted by Crippen LogP contribution is 2.23.